The Balaban J connectivity index is 1.55. The van der Waals surface area contributed by atoms with Crippen LogP contribution >= 0.6 is 0 Å². The molecule has 0 aliphatic rings. The first kappa shape index (κ1) is 17.5. The molecule has 4 aromatic rings. The lowest BCUT2D eigenvalue weighted by atomic mass is 10.1. The van der Waals surface area contributed by atoms with Crippen molar-refractivity contribution in [2.75, 3.05) is 5.32 Å². The van der Waals surface area contributed by atoms with Crippen LogP contribution in [0.2, 0.25) is 0 Å². The summed E-state index contributed by atoms with van der Waals surface area (Å²) in [5.74, 6) is -1.06. The van der Waals surface area contributed by atoms with E-state index in [0.717, 1.165) is 10.1 Å². The summed E-state index contributed by atoms with van der Waals surface area (Å²) in [6, 6.07) is 11.3. The molecule has 0 unspecified atom stereocenters. The van der Waals surface area contributed by atoms with Gasteiger partial charge in [0, 0.05) is 11.1 Å². The van der Waals surface area contributed by atoms with E-state index in [4.69, 9.17) is 0 Å². The number of hydrogen-bond donors (Lipinski definition) is 1. The number of carbonyl (C=O) groups excluding carboxylic acids is 1. The largest absolute Gasteiger partial charge is 0.324 e. The number of nitrogens with one attached hydrogen (secondary N) is 1. The predicted octanol–water partition coefficient (Wildman–Crippen LogP) is 2.06. The number of amides is 1. The number of halogens is 1. The average Bonchev–Trinajstić information content (AvgIpc) is 3.20. The van der Waals surface area contributed by atoms with Crippen molar-refractivity contribution in [1.29, 1.82) is 0 Å². The highest BCUT2D eigenvalue weighted by Gasteiger charge is 2.12. The van der Waals surface area contributed by atoms with Crippen LogP contribution in [0, 0.1) is 12.7 Å². The topological polar surface area (TPSA) is 94.7 Å². The fourth-order valence-electron chi connectivity index (χ4n) is 2.95. The van der Waals surface area contributed by atoms with E-state index in [1.54, 1.807) is 25.1 Å². The molecule has 2 aromatic heterocycles. The van der Waals surface area contributed by atoms with E-state index in [0.29, 0.717) is 11.1 Å². The van der Waals surface area contributed by atoms with Crippen molar-refractivity contribution in [3.05, 3.63) is 77.0 Å². The van der Waals surface area contributed by atoms with Gasteiger partial charge in [-0.2, -0.15) is 10.2 Å². The molecule has 9 heteroatoms. The lowest BCUT2D eigenvalue weighted by Crippen LogP contribution is -2.30. The second-order valence-corrected chi connectivity index (χ2v) is 6.15. The van der Waals surface area contributed by atoms with Gasteiger partial charge in [0.15, 0.2) is 5.82 Å². The minimum atomic E-state index is -0.569. The number of rotatable bonds is 4. The number of fused-ring (bicyclic) bond motifs is 1. The van der Waals surface area contributed by atoms with Crippen molar-refractivity contribution >= 4 is 22.4 Å². The Bertz CT molecular complexity index is 1230. The van der Waals surface area contributed by atoms with Gasteiger partial charge in [-0.05, 0) is 31.2 Å². The first-order valence-corrected chi connectivity index (χ1v) is 8.44. The van der Waals surface area contributed by atoms with Crippen LogP contribution in [-0.2, 0) is 11.3 Å². The Morgan fingerprint density at radius 3 is 2.68 bits per heavy atom. The van der Waals surface area contributed by atoms with Crippen LogP contribution < -0.4 is 10.9 Å². The van der Waals surface area contributed by atoms with Gasteiger partial charge in [-0.25, -0.2) is 18.7 Å². The molecule has 0 spiro atoms. The summed E-state index contributed by atoms with van der Waals surface area (Å²) in [4.78, 5) is 28.7. The first-order valence-electron chi connectivity index (χ1n) is 8.44. The highest BCUT2D eigenvalue weighted by molar-refractivity contribution is 5.91. The fourth-order valence-corrected chi connectivity index (χ4v) is 2.95. The Kier molecular flexibility index (Phi) is 4.40. The SMILES string of the molecule is Cc1nn(CC(=O)Nc2ccc(-n3cncn3)c(F)c2)c(=O)c2ccccc12. The molecule has 2 aromatic carbocycles. The Labute approximate surface area is 158 Å². The zero-order valence-electron chi connectivity index (χ0n) is 14.8. The number of aryl methyl sites for hydroxylation is 1. The Hall–Kier alpha value is -3.88. The number of benzene rings is 2. The van der Waals surface area contributed by atoms with Gasteiger partial charge in [-0.15, -0.1) is 0 Å². The zero-order valence-corrected chi connectivity index (χ0v) is 14.8. The van der Waals surface area contributed by atoms with Crippen LogP contribution in [0.15, 0.2) is 59.9 Å². The molecule has 140 valence electrons. The van der Waals surface area contributed by atoms with Crippen molar-refractivity contribution < 1.29 is 9.18 Å². The zero-order chi connectivity index (χ0) is 19.7. The molecule has 8 nitrogen and oxygen atoms in total. The third kappa shape index (κ3) is 3.25. The fraction of sp³-hybridized carbons (Fsp3) is 0.105. The summed E-state index contributed by atoms with van der Waals surface area (Å²) in [7, 11) is 0. The van der Waals surface area contributed by atoms with E-state index in [2.05, 4.69) is 20.5 Å². The lowest BCUT2D eigenvalue weighted by molar-refractivity contribution is -0.117. The van der Waals surface area contributed by atoms with Crippen molar-refractivity contribution in [2.45, 2.75) is 13.5 Å². The van der Waals surface area contributed by atoms with E-state index < -0.39 is 11.7 Å². The summed E-state index contributed by atoms with van der Waals surface area (Å²) < 4.78 is 16.7. The quantitative estimate of drug-likeness (QED) is 0.587. The maximum absolute atomic E-state index is 14.3. The van der Waals surface area contributed by atoms with Crippen molar-refractivity contribution in [3.63, 3.8) is 0 Å². The molecule has 0 saturated carbocycles. The van der Waals surface area contributed by atoms with Gasteiger partial charge in [0.2, 0.25) is 5.91 Å². The standard InChI is InChI=1S/C19H15FN6O2/c1-12-14-4-2-3-5-15(14)19(28)25(24-12)9-18(27)23-13-6-7-17(16(20)8-13)26-11-21-10-22-26/h2-8,10-11H,9H2,1H3,(H,23,27). The van der Waals surface area contributed by atoms with Gasteiger partial charge < -0.3 is 5.32 Å². The second kappa shape index (κ2) is 7.03. The van der Waals surface area contributed by atoms with Crippen LogP contribution in [0.1, 0.15) is 5.69 Å². The smallest absolute Gasteiger partial charge is 0.275 e. The minimum Gasteiger partial charge on any atom is -0.324 e. The molecule has 0 bridgehead atoms. The number of carbonyl (C=O) groups is 1. The number of nitrogens with zero attached hydrogens (tertiary/aromatic N) is 5. The summed E-state index contributed by atoms with van der Waals surface area (Å²) in [5, 5.41) is 11.9. The predicted molar refractivity (Wildman–Crippen MR) is 101 cm³/mol. The van der Waals surface area contributed by atoms with Crippen LogP contribution in [0.4, 0.5) is 10.1 Å². The van der Waals surface area contributed by atoms with E-state index >= 15 is 0 Å². The molecule has 28 heavy (non-hydrogen) atoms. The van der Waals surface area contributed by atoms with Crippen LogP contribution in [0.5, 0.6) is 0 Å². The van der Waals surface area contributed by atoms with Crippen LogP contribution in [0.25, 0.3) is 16.5 Å². The highest BCUT2D eigenvalue weighted by atomic mass is 19.1. The molecule has 0 aliphatic heterocycles. The summed E-state index contributed by atoms with van der Waals surface area (Å²) in [5.41, 5.74) is 0.755. The van der Waals surface area contributed by atoms with Gasteiger partial charge in [0.1, 0.15) is 24.9 Å². The lowest BCUT2D eigenvalue weighted by Gasteiger charge is -2.10. The Morgan fingerprint density at radius 2 is 1.96 bits per heavy atom. The van der Waals surface area contributed by atoms with Crippen LogP contribution in [-0.4, -0.2) is 30.5 Å². The van der Waals surface area contributed by atoms with Gasteiger partial charge in [-0.1, -0.05) is 18.2 Å². The molecule has 0 fully saturated rings. The maximum Gasteiger partial charge on any atom is 0.275 e. The molecular weight excluding hydrogens is 363 g/mol. The maximum atomic E-state index is 14.3. The minimum absolute atomic E-state index is 0.207. The van der Waals surface area contributed by atoms with Crippen molar-refractivity contribution in [3.8, 4) is 5.69 Å². The van der Waals surface area contributed by atoms with E-state index in [1.807, 2.05) is 12.1 Å². The van der Waals surface area contributed by atoms with E-state index in [9.17, 15) is 14.0 Å². The molecule has 0 aliphatic carbocycles. The second-order valence-electron chi connectivity index (χ2n) is 6.15. The molecule has 1 amide bonds. The van der Waals surface area contributed by atoms with Gasteiger partial charge >= 0.3 is 0 Å². The third-order valence-corrected chi connectivity index (χ3v) is 4.24. The van der Waals surface area contributed by atoms with E-state index in [-0.39, 0.29) is 23.5 Å². The molecule has 0 radical (unpaired) electrons. The third-order valence-electron chi connectivity index (χ3n) is 4.24. The summed E-state index contributed by atoms with van der Waals surface area (Å²) in [6.07, 6.45) is 2.67. The van der Waals surface area contributed by atoms with Gasteiger partial charge in [0.05, 0.1) is 11.1 Å². The van der Waals surface area contributed by atoms with Crippen LogP contribution in [0.3, 0.4) is 0 Å². The van der Waals surface area contributed by atoms with Crippen molar-refractivity contribution in [2.24, 2.45) is 0 Å². The number of anilines is 1. The van der Waals surface area contributed by atoms with E-state index in [1.165, 1.54) is 29.5 Å². The summed E-state index contributed by atoms with van der Waals surface area (Å²) in [6.45, 7) is 1.49. The highest BCUT2D eigenvalue weighted by Crippen LogP contribution is 2.17. The van der Waals surface area contributed by atoms with Gasteiger partial charge in [-0.3, -0.25) is 9.59 Å². The molecular formula is C19H15FN6O2. The van der Waals surface area contributed by atoms with Crippen molar-refractivity contribution in [1.82, 2.24) is 24.5 Å². The number of aromatic nitrogens is 5. The molecule has 0 saturated heterocycles. The van der Waals surface area contributed by atoms with Gasteiger partial charge in [0.25, 0.3) is 5.56 Å². The monoisotopic (exact) mass is 378 g/mol. The number of hydrogen-bond acceptors (Lipinski definition) is 5. The average molecular weight is 378 g/mol. The first-order chi connectivity index (χ1) is 13.5. The molecule has 2 heterocycles. The summed E-state index contributed by atoms with van der Waals surface area (Å²) >= 11 is 0. The molecule has 1 N–H and O–H groups in total. The normalized spacial score (nSPS) is 10.9. The Morgan fingerprint density at radius 1 is 1.18 bits per heavy atom. The molecule has 4 rings (SSSR count). The molecule has 0 atom stereocenters.